The molecule has 0 aliphatic heterocycles. The number of rotatable bonds is 7. The van der Waals surface area contributed by atoms with Crippen LogP contribution < -0.4 is 10.6 Å². The lowest BCUT2D eigenvalue weighted by atomic mass is 10.2. The van der Waals surface area contributed by atoms with Gasteiger partial charge in [-0.15, -0.1) is 0 Å². The Bertz CT molecular complexity index is 557. The van der Waals surface area contributed by atoms with Gasteiger partial charge < -0.3 is 10.6 Å². The van der Waals surface area contributed by atoms with Crippen LogP contribution >= 0.6 is 0 Å². The second-order valence-corrected chi connectivity index (χ2v) is 4.69. The first-order valence-corrected chi connectivity index (χ1v) is 6.85. The summed E-state index contributed by atoms with van der Waals surface area (Å²) in [6.07, 6.45) is 3.83. The van der Waals surface area contributed by atoms with Gasteiger partial charge in [0.05, 0.1) is 0 Å². The van der Waals surface area contributed by atoms with Crippen LogP contribution in [0.2, 0.25) is 0 Å². The third-order valence-electron chi connectivity index (χ3n) is 2.98. The second kappa shape index (κ2) is 8.11. The van der Waals surface area contributed by atoms with E-state index < -0.39 is 0 Å². The first-order chi connectivity index (χ1) is 10.2. The molecular formula is C16H18FN3O. The van der Waals surface area contributed by atoms with Crippen molar-refractivity contribution in [3.05, 3.63) is 65.7 Å². The molecular weight excluding hydrogens is 269 g/mol. The van der Waals surface area contributed by atoms with Crippen molar-refractivity contribution in [1.29, 1.82) is 0 Å². The zero-order chi connectivity index (χ0) is 14.9. The van der Waals surface area contributed by atoms with Crippen LogP contribution in [0.1, 0.15) is 17.5 Å². The first-order valence-electron chi connectivity index (χ1n) is 6.85. The van der Waals surface area contributed by atoms with Crippen LogP contribution in [-0.2, 0) is 17.9 Å². The fourth-order valence-corrected chi connectivity index (χ4v) is 1.83. The van der Waals surface area contributed by atoms with E-state index in [0.717, 1.165) is 11.1 Å². The Morgan fingerprint density at radius 3 is 2.62 bits per heavy atom. The van der Waals surface area contributed by atoms with Gasteiger partial charge in [0, 0.05) is 38.4 Å². The number of aromatic nitrogens is 1. The molecule has 0 aliphatic rings. The van der Waals surface area contributed by atoms with E-state index in [4.69, 9.17) is 0 Å². The fraction of sp³-hybridized carbons (Fsp3) is 0.250. The molecule has 0 atom stereocenters. The lowest BCUT2D eigenvalue weighted by Crippen LogP contribution is -2.27. The molecule has 2 rings (SSSR count). The predicted molar refractivity (Wildman–Crippen MR) is 78.8 cm³/mol. The molecule has 4 nitrogen and oxygen atoms in total. The number of pyridine rings is 1. The van der Waals surface area contributed by atoms with Crippen molar-refractivity contribution in [2.24, 2.45) is 0 Å². The summed E-state index contributed by atoms with van der Waals surface area (Å²) in [5.74, 6) is -0.251. The lowest BCUT2D eigenvalue weighted by molar-refractivity contribution is -0.121. The van der Waals surface area contributed by atoms with Gasteiger partial charge in [-0.25, -0.2) is 4.39 Å². The minimum Gasteiger partial charge on any atom is -0.352 e. The Kier molecular flexibility index (Phi) is 5.84. The van der Waals surface area contributed by atoms with Gasteiger partial charge >= 0.3 is 0 Å². The Labute approximate surface area is 123 Å². The largest absolute Gasteiger partial charge is 0.352 e. The summed E-state index contributed by atoms with van der Waals surface area (Å²) in [4.78, 5) is 15.6. The van der Waals surface area contributed by atoms with Gasteiger partial charge in [0.2, 0.25) is 5.91 Å². The highest BCUT2D eigenvalue weighted by molar-refractivity contribution is 5.76. The Hall–Kier alpha value is -2.27. The molecule has 0 saturated carbocycles. The molecule has 0 fully saturated rings. The van der Waals surface area contributed by atoms with Gasteiger partial charge in [0.25, 0.3) is 0 Å². The number of amides is 1. The number of carbonyl (C=O) groups is 1. The van der Waals surface area contributed by atoms with Crippen LogP contribution in [0.3, 0.4) is 0 Å². The molecule has 1 aromatic heterocycles. The van der Waals surface area contributed by atoms with Crippen LogP contribution in [0.15, 0.2) is 48.8 Å². The summed E-state index contributed by atoms with van der Waals surface area (Å²) in [6.45, 7) is 1.69. The average Bonchev–Trinajstić information content (AvgIpc) is 2.52. The quantitative estimate of drug-likeness (QED) is 0.766. The van der Waals surface area contributed by atoms with Crippen molar-refractivity contribution in [3.63, 3.8) is 0 Å². The number of carbonyl (C=O) groups excluding carboxylic acids is 1. The second-order valence-electron chi connectivity index (χ2n) is 4.69. The predicted octanol–water partition coefficient (Wildman–Crippen LogP) is 2.02. The molecule has 0 saturated heterocycles. The maximum absolute atomic E-state index is 12.7. The van der Waals surface area contributed by atoms with Crippen LogP contribution in [-0.4, -0.2) is 17.4 Å². The SMILES string of the molecule is O=C(CCNCc1ccc(F)cc1)NCc1cccnc1. The van der Waals surface area contributed by atoms with Gasteiger partial charge in [-0.3, -0.25) is 9.78 Å². The van der Waals surface area contributed by atoms with E-state index in [9.17, 15) is 9.18 Å². The van der Waals surface area contributed by atoms with Crippen molar-refractivity contribution in [2.75, 3.05) is 6.54 Å². The highest BCUT2D eigenvalue weighted by Gasteiger charge is 2.01. The zero-order valence-corrected chi connectivity index (χ0v) is 11.7. The van der Waals surface area contributed by atoms with Crippen molar-refractivity contribution >= 4 is 5.91 Å². The highest BCUT2D eigenvalue weighted by Crippen LogP contribution is 2.02. The van der Waals surface area contributed by atoms with Gasteiger partial charge in [-0.1, -0.05) is 18.2 Å². The van der Waals surface area contributed by atoms with Gasteiger partial charge in [-0.05, 0) is 29.3 Å². The molecule has 0 spiro atoms. The molecule has 2 N–H and O–H groups in total. The molecule has 21 heavy (non-hydrogen) atoms. The maximum Gasteiger partial charge on any atom is 0.221 e. The zero-order valence-electron chi connectivity index (χ0n) is 11.7. The van der Waals surface area contributed by atoms with Crippen molar-refractivity contribution < 1.29 is 9.18 Å². The Morgan fingerprint density at radius 2 is 1.90 bits per heavy atom. The van der Waals surface area contributed by atoms with E-state index in [-0.39, 0.29) is 11.7 Å². The summed E-state index contributed by atoms with van der Waals surface area (Å²) in [7, 11) is 0. The van der Waals surface area contributed by atoms with Crippen LogP contribution in [0.4, 0.5) is 4.39 Å². The Morgan fingerprint density at radius 1 is 1.10 bits per heavy atom. The molecule has 0 radical (unpaired) electrons. The summed E-state index contributed by atoms with van der Waals surface area (Å²) in [5.41, 5.74) is 1.97. The summed E-state index contributed by atoms with van der Waals surface area (Å²) in [6, 6.07) is 10.1. The summed E-state index contributed by atoms with van der Waals surface area (Å²) in [5, 5.41) is 5.99. The number of nitrogens with zero attached hydrogens (tertiary/aromatic N) is 1. The Balaban J connectivity index is 1.60. The average molecular weight is 287 g/mol. The first kappa shape index (κ1) is 15.1. The van der Waals surface area contributed by atoms with Crippen LogP contribution in [0.25, 0.3) is 0 Å². The normalized spacial score (nSPS) is 10.3. The van der Waals surface area contributed by atoms with E-state index >= 15 is 0 Å². The smallest absolute Gasteiger partial charge is 0.221 e. The summed E-state index contributed by atoms with van der Waals surface area (Å²) >= 11 is 0. The van der Waals surface area contributed by atoms with Crippen molar-refractivity contribution in [1.82, 2.24) is 15.6 Å². The molecule has 110 valence electrons. The molecule has 1 heterocycles. The third-order valence-corrected chi connectivity index (χ3v) is 2.98. The van der Waals surface area contributed by atoms with Gasteiger partial charge in [-0.2, -0.15) is 0 Å². The van der Waals surface area contributed by atoms with E-state index in [1.165, 1.54) is 12.1 Å². The molecule has 0 aliphatic carbocycles. The van der Waals surface area contributed by atoms with E-state index in [1.807, 2.05) is 12.1 Å². The number of halogens is 1. The number of hydrogen-bond acceptors (Lipinski definition) is 3. The van der Waals surface area contributed by atoms with Crippen LogP contribution in [0.5, 0.6) is 0 Å². The number of benzene rings is 1. The maximum atomic E-state index is 12.7. The molecule has 2 aromatic rings. The topological polar surface area (TPSA) is 54.0 Å². The van der Waals surface area contributed by atoms with E-state index in [1.54, 1.807) is 24.5 Å². The van der Waals surface area contributed by atoms with Crippen molar-refractivity contribution in [2.45, 2.75) is 19.5 Å². The lowest BCUT2D eigenvalue weighted by Gasteiger charge is -2.06. The van der Waals surface area contributed by atoms with Gasteiger partial charge in [0.1, 0.15) is 5.82 Å². The molecule has 0 bridgehead atoms. The number of nitrogens with one attached hydrogen (secondary N) is 2. The van der Waals surface area contributed by atoms with E-state index in [0.29, 0.717) is 26.1 Å². The summed E-state index contributed by atoms with van der Waals surface area (Å²) < 4.78 is 12.7. The minimum atomic E-state index is -0.242. The standard InChI is InChI=1S/C16H18FN3O/c17-15-5-3-13(4-6-15)10-19-9-7-16(21)20-12-14-2-1-8-18-11-14/h1-6,8,11,19H,7,9-10,12H2,(H,20,21). The highest BCUT2D eigenvalue weighted by atomic mass is 19.1. The molecule has 0 unspecified atom stereocenters. The van der Waals surface area contributed by atoms with E-state index in [2.05, 4.69) is 15.6 Å². The fourth-order valence-electron chi connectivity index (χ4n) is 1.83. The number of hydrogen-bond donors (Lipinski definition) is 2. The van der Waals surface area contributed by atoms with Crippen molar-refractivity contribution in [3.8, 4) is 0 Å². The molecule has 1 aromatic carbocycles. The van der Waals surface area contributed by atoms with Gasteiger partial charge in [0.15, 0.2) is 0 Å². The van der Waals surface area contributed by atoms with Crippen LogP contribution in [0, 0.1) is 5.82 Å². The molecule has 5 heteroatoms. The minimum absolute atomic E-state index is 0.00883. The monoisotopic (exact) mass is 287 g/mol. The third kappa shape index (κ3) is 5.71. The molecule has 1 amide bonds.